The second-order valence-electron chi connectivity index (χ2n) is 6.54. The highest BCUT2D eigenvalue weighted by Crippen LogP contribution is 2.26. The second kappa shape index (κ2) is 8.60. The molecule has 1 amide bonds. The molecule has 0 radical (unpaired) electrons. The van der Waals surface area contributed by atoms with Crippen LogP contribution in [0.3, 0.4) is 0 Å². The van der Waals surface area contributed by atoms with E-state index in [0.717, 1.165) is 4.74 Å². The summed E-state index contributed by atoms with van der Waals surface area (Å²) in [5, 5.41) is 16.6. The topological polar surface area (TPSA) is 67.5 Å². The first-order chi connectivity index (χ1) is 14.4. The fraction of sp³-hybridized carbons (Fsp3) is 0.0455. The Morgan fingerprint density at radius 3 is 2.47 bits per heavy atom. The van der Waals surface area contributed by atoms with E-state index < -0.39 is 11.9 Å². The maximum Gasteiger partial charge on any atom is 0.274 e. The zero-order chi connectivity index (χ0) is 21.3. The quantitative estimate of drug-likeness (QED) is 0.364. The third kappa shape index (κ3) is 4.12. The maximum absolute atomic E-state index is 12.9. The Labute approximate surface area is 191 Å². The van der Waals surface area contributed by atoms with E-state index >= 15 is 0 Å². The Balaban J connectivity index is 1.66. The Morgan fingerprint density at radius 1 is 1.03 bits per heavy atom. The van der Waals surface area contributed by atoms with Gasteiger partial charge in [-0.15, -0.1) is 0 Å². The maximum atomic E-state index is 12.9. The van der Waals surface area contributed by atoms with E-state index in [-0.39, 0.29) is 5.84 Å². The van der Waals surface area contributed by atoms with Crippen LogP contribution in [0.25, 0.3) is 0 Å². The van der Waals surface area contributed by atoms with E-state index in [9.17, 15) is 10.0 Å². The van der Waals surface area contributed by atoms with Crippen molar-refractivity contribution >= 4 is 56.7 Å². The number of rotatable bonds is 5. The molecule has 5 nitrogen and oxygen atoms in total. The molecule has 1 unspecified atom stereocenters. The van der Waals surface area contributed by atoms with Crippen LogP contribution < -0.4 is 5.32 Å². The number of halogens is 3. The van der Waals surface area contributed by atoms with E-state index in [0.29, 0.717) is 37.0 Å². The molecule has 0 saturated heterocycles. The number of aliphatic imine (C=N–C) groups is 1. The van der Waals surface area contributed by atoms with Gasteiger partial charge in [-0.05, 0) is 64.0 Å². The lowest BCUT2D eigenvalue weighted by Crippen LogP contribution is -2.44. The van der Waals surface area contributed by atoms with Crippen LogP contribution in [0.15, 0.2) is 82.3 Å². The highest BCUT2D eigenvalue weighted by atomic mass is 79.9. The summed E-state index contributed by atoms with van der Waals surface area (Å²) in [5.74, 6) is 0.0740. The molecule has 30 heavy (non-hydrogen) atoms. The molecule has 0 fully saturated rings. The number of hydrogen-bond acceptors (Lipinski definition) is 3. The van der Waals surface area contributed by atoms with Crippen LogP contribution >= 0.6 is 39.1 Å². The SMILES string of the molecule is O=C(NC(C1=NC(c2ccccc2)=[N+]1[O-])c1cccc(Cl)c1)c1ccc(Br)c(Cl)c1. The molecule has 0 aliphatic carbocycles. The van der Waals surface area contributed by atoms with Gasteiger partial charge in [0.05, 0.1) is 10.6 Å². The number of hydroxylamine groups is 1. The average molecular weight is 503 g/mol. The molecule has 3 aromatic rings. The normalized spacial score (nSPS) is 14.0. The number of nitrogens with zero attached hydrogens (tertiary/aromatic N) is 2. The molecular weight excluding hydrogens is 489 g/mol. The molecule has 1 aliphatic heterocycles. The Kier molecular flexibility index (Phi) is 5.90. The number of amidine groups is 2. The Bertz CT molecular complexity index is 1200. The average Bonchev–Trinajstić information content (AvgIpc) is 2.74. The summed E-state index contributed by atoms with van der Waals surface area (Å²) in [6, 6.07) is 20.2. The zero-order valence-corrected chi connectivity index (χ0v) is 18.4. The molecule has 4 rings (SSSR count). The first-order valence-electron chi connectivity index (χ1n) is 8.93. The van der Waals surface area contributed by atoms with E-state index in [1.807, 2.05) is 18.2 Å². The van der Waals surface area contributed by atoms with Crippen LogP contribution in [0.4, 0.5) is 0 Å². The molecule has 0 saturated carbocycles. The molecule has 0 aromatic heterocycles. The van der Waals surface area contributed by atoms with Gasteiger partial charge in [0.1, 0.15) is 6.04 Å². The molecule has 0 bridgehead atoms. The molecule has 1 atom stereocenters. The standard InChI is InChI=1S/C22H14BrCl2N3O2/c23-17-10-9-15(12-18(17)25)22(29)26-19(14-7-4-8-16(24)11-14)21-27-20(28(21)30)13-5-2-1-3-6-13/h1-12,19H,(H,26,29). The lowest BCUT2D eigenvalue weighted by molar-refractivity contribution is -0.344. The first kappa shape index (κ1) is 20.6. The third-order valence-corrected chi connectivity index (χ3v) is 6.02. The van der Waals surface area contributed by atoms with Gasteiger partial charge in [0, 0.05) is 15.1 Å². The summed E-state index contributed by atoms with van der Waals surface area (Å²) in [4.78, 5) is 17.3. The highest BCUT2D eigenvalue weighted by Gasteiger charge is 2.35. The van der Waals surface area contributed by atoms with Crippen molar-refractivity contribution in [1.29, 1.82) is 0 Å². The number of hydrogen-bond donors (Lipinski definition) is 1. The molecule has 0 spiro atoms. The lowest BCUT2D eigenvalue weighted by atomic mass is 10.0. The largest absolute Gasteiger partial charge is 0.740 e. The Morgan fingerprint density at radius 2 is 1.80 bits per heavy atom. The fourth-order valence-corrected chi connectivity index (χ4v) is 3.67. The lowest BCUT2D eigenvalue weighted by Gasteiger charge is -2.28. The predicted molar refractivity (Wildman–Crippen MR) is 122 cm³/mol. The second-order valence-corrected chi connectivity index (χ2v) is 8.24. The van der Waals surface area contributed by atoms with Gasteiger partial charge < -0.3 is 10.5 Å². The van der Waals surface area contributed by atoms with Gasteiger partial charge in [-0.1, -0.05) is 58.5 Å². The van der Waals surface area contributed by atoms with Crippen molar-refractivity contribution in [3.05, 3.63) is 109 Å². The smallest absolute Gasteiger partial charge is 0.274 e. The van der Waals surface area contributed by atoms with Gasteiger partial charge in [-0.2, -0.15) is 0 Å². The summed E-state index contributed by atoms with van der Waals surface area (Å²) < 4.78 is 1.42. The minimum atomic E-state index is -0.774. The van der Waals surface area contributed by atoms with E-state index in [1.165, 1.54) is 0 Å². The summed E-state index contributed by atoms with van der Waals surface area (Å²) in [6.07, 6.45) is 0. The highest BCUT2D eigenvalue weighted by molar-refractivity contribution is 9.10. The van der Waals surface area contributed by atoms with Crippen molar-refractivity contribution in [3.63, 3.8) is 0 Å². The van der Waals surface area contributed by atoms with E-state index in [4.69, 9.17) is 23.2 Å². The molecule has 3 aromatic carbocycles. The fourth-order valence-electron chi connectivity index (χ4n) is 3.05. The molecule has 1 aliphatic rings. The van der Waals surface area contributed by atoms with Gasteiger partial charge in [0.15, 0.2) is 0 Å². The van der Waals surface area contributed by atoms with Gasteiger partial charge in [-0.25, -0.2) is 4.74 Å². The molecule has 1 heterocycles. The first-order valence-corrected chi connectivity index (χ1v) is 10.5. The Hall–Kier alpha value is -2.67. The number of nitrogens with one attached hydrogen (secondary N) is 1. The monoisotopic (exact) mass is 501 g/mol. The van der Waals surface area contributed by atoms with E-state index in [2.05, 4.69) is 26.2 Å². The number of benzene rings is 3. The van der Waals surface area contributed by atoms with Crippen molar-refractivity contribution in [1.82, 2.24) is 5.32 Å². The number of carbonyl (C=O) groups excluding carboxylic acids is 1. The van der Waals surface area contributed by atoms with Gasteiger partial charge in [0.2, 0.25) is 0 Å². The summed E-state index contributed by atoms with van der Waals surface area (Å²) in [6.45, 7) is 0. The molecular formula is C22H14BrCl2N3O2. The van der Waals surface area contributed by atoms with Crippen molar-refractivity contribution in [2.75, 3.05) is 0 Å². The van der Waals surface area contributed by atoms with Crippen molar-refractivity contribution in [2.45, 2.75) is 6.04 Å². The van der Waals surface area contributed by atoms with Crippen LogP contribution in [0.2, 0.25) is 10.0 Å². The molecule has 8 heteroatoms. The van der Waals surface area contributed by atoms with Crippen molar-refractivity contribution in [2.24, 2.45) is 4.99 Å². The van der Waals surface area contributed by atoms with E-state index in [1.54, 1.807) is 54.6 Å². The minimum Gasteiger partial charge on any atom is -0.740 e. The van der Waals surface area contributed by atoms with Crippen LogP contribution in [-0.2, 0) is 0 Å². The van der Waals surface area contributed by atoms with Gasteiger partial charge in [-0.3, -0.25) is 4.79 Å². The molecule has 1 N–H and O–H groups in total. The van der Waals surface area contributed by atoms with Crippen molar-refractivity contribution in [3.8, 4) is 0 Å². The number of carbonyl (C=O) groups is 1. The number of amides is 1. The summed E-state index contributed by atoms with van der Waals surface area (Å²) >= 11 is 15.6. The minimum absolute atomic E-state index is 0.174. The molecule has 150 valence electrons. The van der Waals surface area contributed by atoms with Crippen molar-refractivity contribution < 1.29 is 9.53 Å². The summed E-state index contributed by atoms with van der Waals surface area (Å²) in [5.41, 5.74) is 1.71. The predicted octanol–water partition coefficient (Wildman–Crippen LogP) is 5.60. The van der Waals surface area contributed by atoms with Crippen LogP contribution in [0, 0.1) is 5.21 Å². The van der Waals surface area contributed by atoms with Crippen LogP contribution in [0.1, 0.15) is 27.5 Å². The van der Waals surface area contributed by atoms with Crippen LogP contribution in [0.5, 0.6) is 0 Å². The van der Waals surface area contributed by atoms with Gasteiger partial charge >= 0.3 is 0 Å². The summed E-state index contributed by atoms with van der Waals surface area (Å²) in [7, 11) is 0. The van der Waals surface area contributed by atoms with Gasteiger partial charge in [0.25, 0.3) is 17.6 Å². The van der Waals surface area contributed by atoms with Crippen LogP contribution in [-0.4, -0.2) is 22.3 Å². The third-order valence-electron chi connectivity index (χ3n) is 4.55. The zero-order valence-electron chi connectivity index (χ0n) is 15.4.